The van der Waals surface area contributed by atoms with Gasteiger partial charge in [0, 0.05) is 62.5 Å². The summed E-state index contributed by atoms with van der Waals surface area (Å²) in [6.07, 6.45) is 6.80. The maximum atomic E-state index is 13.3. The van der Waals surface area contributed by atoms with Crippen molar-refractivity contribution in [3.63, 3.8) is 0 Å². The van der Waals surface area contributed by atoms with E-state index in [2.05, 4.69) is 29.5 Å². The Labute approximate surface area is 210 Å². The fourth-order valence-corrected chi connectivity index (χ4v) is 5.48. The van der Waals surface area contributed by atoms with Gasteiger partial charge in [0.2, 0.25) is 0 Å². The van der Waals surface area contributed by atoms with Crippen LogP contribution in [0.15, 0.2) is 36.5 Å². The van der Waals surface area contributed by atoms with Crippen LogP contribution in [-0.4, -0.2) is 67.5 Å². The Bertz CT molecular complexity index is 932. The van der Waals surface area contributed by atoms with Crippen molar-refractivity contribution < 1.29 is 14.6 Å². The zero-order chi connectivity index (χ0) is 25.3. The summed E-state index contributed by atoms with van der Waals surface area (Å²) in [5.41, 5.74) is 0.646. The van der Waals surface area contributed by atoms with E-state index in [0.29, 0.717) is 32.0 Å². The summed E-state index contributed by atoms with van der Waals surface area (Å²) in [7, 11) is 3.62. The van der Waals surface area contributed by atoms with Crippen molar-refractivity contribution in [2.45, 2.75) is 64.0 Å². The molecule has 2 aromatic rings. The minimum absolute atomic E-state index is 0.0339. The Morgan fingerprint density at radius 3 is 2.83 bits per heavy atom. The van der Waals surface area contributed by atoms with Crippen molar-refractivity contribution in [1.29, 1.82) is 0 Å². The number of nitrogens with zero attached hydrogens (tertiary/aromatic N) is 2. The molecule has 194 valence electrons. The average molecular weight is 485 g/mol. The first-order chi connectivity index (χ1) is 16.9. The van der Waals surface area contributed by atoms with Gasteiger partial charge >= 0.3 is 6.03 Å². The van der Waals surface area contributed by atoms with E-state index < -0.39 is 5.60 Å². The number of piperidine rings is 1. The van der Waals surface area contributed by atoms with Crippen LogP contribution in [0, 0.1) is 11.8 Å². The molecule has 1 aliphatic heterocycles. The van der Waals surface area contributed by atoms with Crippen molar-refractivity contribution in [3.05, 3.63) is 42.1 Å². The van der Waals surface area contributed by atoms with Crippen molar-refractivity contribution >= 4 is 16.9 Å². The van der Waals surface area contributed by atoms with Crippen LogP contribution in [0.1, 0.15) is 57.9 Å². The summed E-state index contributed by atoms with van der Waals surface area (Å²) in [4.78, 5) is 19.8. The molecule has 35 heavy (non-hydrogen) atoms. The van der Waals surface area contributed by atoms with Crippen molar-refractivity contribution in [2.24, 2.45) is 11.8 Å². The number of pyridine rings is 1. The third kappa shape index (κ3) is 7.15. The highest BCUT2D eigenvalue weighted by Gasteiger charge is 2.42. The Kier molecular flexibility index (Phi) is 10.3. The summed E-state index contributed by atoms with van der Waals surface area (Å²) in [5, 5.41) is 19.8. The first kappa shape index (κ1) is 27.4. The van der Waals surface area contributed by atoms with Gasteiger partial charge in [0.05, 0.1) is 11.1 Å². The molecule has 2 amide bonds. The van der Waals surface area contributed by atoms with Crippen LogP contribution in [0.25, 0.3) is 10.9 Å². The van der Waals surface area contributed by atoms with Gasteiger partial charge in [-0.05, 0) is 57.6 Å². The molecule has 1 aromatic heterocycles. The number of aliphatic hydroxyl groups is 1. The molecule has 0 radical (unpaired) electrons. The molecular formula is C28H44N4O3. The standard InChI is InChI=1S/C28H44N4O3/c1-21(2)18-24(19-29-3)31-27(33)32-16-9-12-23(20-32)28(34,14-5-6-17-35-4)25-13-7-10-22-11-8-15-30-26(22)25/h7-8,10-11,13,15,21,23-24,29,34H,5-6,9,12,14,16-20H2,1-4H3,(H,31,33). The molecular weight excluding hydrogens is 440 g/mol. The molecule has 3 N–H and O–H groups in total. The smallest absolute Gasteiger partial charge is 0.317 e. The Hall–Kier alpha value is -2.22. The minimum atomic E-state index is -1.07. The predicted molar refractivity (Wildman–Crippen MR) is 141 cm³/mol. The molecule has 3 atom stereocenters. The zero-order valence-corrected chi connectivity index (χ0v) is 21.9. The number of carbonyl (C=O) groups is 1. The number of likely N-dealkylation sites (tertiary alicyclic amines) is 1. The highest BCUT2D eigenvalue weighted by Crippen LogP contribution is 2.42. The molecule has 0 saturated carbocycles. The molecule has 1 aromatic carbocycles. The average Bonchev–Trinajstić information content (AvgIpc) is 2.86. The van der Waals surface area contributed by atoms with E-state index in [1.807, 2.05) is 42.3 Å². The van der Waals surface area contributed by atoms with Gasteiger partial charge in [-0.15, -0.1) is 0 Å². The molecule has 0 aliphatic carbocycles. The maximum Gasteiger partial charge on any atom is 0.317 e. The van der Waals surface area contributed by atoms with Crippen LogP contribution < -0.4 is 10.6 Å². The van der Waals surface area contributed by atoms with E-state index in [0.717, 1.165) is 55.1 Å². The van der Waals surface area contributed by atoms with E-state index in [1.54, 1.807) is 13.3 Å². The summed E-state index contributed by atoms with van der Waals surface area (Å²) < 4.78 is 5.25. The fourth-order valence-electron chi connectivity index (χ4n) is 5.48. The number of likely N-dealkylation sites (N-methyl/N-ethyl adjacent to an activating group) is 1. The Morgan fingerprint density at radius 1 is 1.29 bits per heavy atom. The van der Waals surface area contributed by atoms with Gasteiger partial charge in [0.25, 0.3) is 0 Å². The number of ether oxygens (including phenoxy) is 1. The topological polar surface area (TPSA) is 86.7 Å². The van der Waals surface area contributed by atoms with E-state index in [9.17, 15) is 9.90 Å². The molecule has 7 heteroatoms. The van der Waals surface area contributed by atoms with Crippen LogP contribution in [0.3, 0.4) is 0 Å². The highest BCUT2D eigenvalue weighted by molar-refractivity contribution is 5.82. The maximum absolute atomic E-state index is 13.3. The number of hydrogen-bond donors (Lipinski definition) is 3. The van der Waals surface area contributed by atoms with Crippen molar-refractivity contribution in [2.75, 3.05) is 40.4 Å². The van der Waals surface area contributed by atoms with E-state index in [-0.39, 0.29) is 18.0 Å². The van der Waals surface area contributed by atoms with Crippen LogP contribution >= 0.6 is 0 Å². The number of methoxy groups -OCH3 is 1. The Morgan fingerprint density at radius 2 is 2.09 bits per heavy atom. The molecule has 3 unspecified atom stereocenters. The third-order valence-electron chi connectivity index (χ3n) is 7.17. The molecule has 0 bridgehead atoms. The number of urea groups is 1. The van der Waals surface area contributed by atoms with Crippen LogP contribution in [0.2, 0.25) is 0 Å². The van der Waals surface area contributed by atoms with Gasteiger partial charge in [-0.2, -0.15) is 0 Å². The normalized spacial score (nSPS) is 19.0. The second-order valence-corrected chi connectivity index (χ2v) is 10.4. The van der Waals surface area contributed by atoms with Gasteiger partial charge < -0.3 is 25.4 Å². The molecule has 1 aliphatic rings. The number of fused-ring (bicyclic) bond motifs is 1. The number of para-hydroxylation sites is 1. The molecule has 3 rings (SSSR count). The lowest BCUT2D eigenvalue weighted by Crippen LogP contribution is -2.54. The number of benzene rings is 1. The van der Waals surface area contributed by atoms with E-state index in [4.69, 9.17) is 4.74 Å². The van der Waals surface area contributed by atoms with Crippen LogP contribution in [-0.2, 0) is 10.3 Å². The first-order valence-electron chi connectivity index (χ1n) is 13.1. The van der Waals surface area contributed by atoms with Gasteiger partial charge in [-0.3, -0.25) is 4.98 Å². The van der Waals surface area contributed by atoms with Crippen LogP contribution in [0.4, 0.5) is 4.79 Å². The Balaban J connectivity index is 1.84. The molecule has 0 spiro atoms. The lowest BCUT2D eigenvalue weighted by Gasteiger charge is -2.43. The van der Waals surface area contributed by atoms with E-state index >= 15 is 0 Å². The number of hydrogen-bond acceptors (Lipinski definition) is 5. The summed E-state index contributed by atoms with van der Waals surface area (Å²) in [5.74, 6) is 0.434. The zero-order valence-electron chi connectivity index (χ0n) is 21.9. The summed E-state index contributed by atoms with van der Waals surface area (Å²) in [6, 6.07) is 10.1. The lowest BCUT2D eigenvalue weighted by molar-refractivity contribution is -0.0553. The number of amides is 2. The van der Waals surface area contributed by atoms with Gasteiger partial charge in [-0.25, -0.2) is 4.79 Å². The summed E-state index contributed by atoms with van der Waals surface area (Å²) >= 11 is 0. The second-order valence-electron chi connectivity index (χ2n) is 10.4. The lowest BCUT2D eigenvalue weighted by atomic mass is 9.73. The van der Waals surface area contributed by atoms with Crippen molar-refractivity contribution in [3.8, 4) is 0 Å². The number of aromatic nitrogens is 1. The fraction of sp³-hybridized carbons (Fsp3) is 0.643. The monoisotopic (exact) mass is 484 g/mol. The SMILES string of the molecule is CNCC(CC(C)C)NC(=O)N1CCCC(C(O)(CCCCOC)c2cccc3cccnc23)C1. The quantitative estimate of drug-likeness (QED) is 0.391. The molecule has 2 heterocycles. The minimum Gasteiger partial charge on any atom is -0.385 e. The number of nitrogens with one attached hydrogen (secondary N) is 2. The van der Waals surface area contributed by atoms with Crippen LogP contribution in [0.5, 0.6) is 0 Å². The number of rotatable bonds is 12. The van der Waals surface area contributed by atoms with Gasteiger partial charge in [0.1, 0.15) is 0 Å². The summed E-state index contributed by atoms with van der Waals surface area (Å²) in [6.45, 7) is 7.01. The molecule has 1 saturated heterocycles. The first-order valence-corrected chi connectivity index (χ1v) is 13.1. The largest absolute Gasteiger partial charge is 0.385 e. The number of carbonyl (C=O) groups excluding carboxylic acids is 1. The highest BCUT2D eigenvalue weighted by atomic mass is 16.5. The second kappa shape index (κ2) is 13.2. The van der Waals surface area contributed by atoms with Gasteiger partial charge in [0.15, 0.2) is 0 Å². The van der Waals surface area contributed by atoms with E-state index in [1.165, 1.54) is 0 Å². The van der Waals surface area contributed by atoms with Gasteiger partial charge in [-0.1, -0.05) is 38.1 Å². The third-order valence-corrected chi connectivity index (χ3v) is 7.17. The molecule has 7 nitrogen and oxygen atoms in total. The number of unbranched alkanes of at least 4 members (excludes halogenated alkanes) is 1. The molecule has 1 fully saturated rings. The predicted octanol–water partition coefficient (Wildman–Crippen LogP) is 4.29. The van der Waals surface area contributed by atoms with Crippen molar-refractivity contribution in [1.82, 2.24) is 20.5 Å².